The van der Waals surface area contributed by atoms with Gasteiger partial charge in [0.2, 0.25) is 0 Å². The highest BCUT2D eigenvalue weighted by atomic mass is 16.3. The average molecular weight is 328 g/mol. The molecule has 24 heavy (non-hydrogen) atoms. The molecule has 6 nitrogen and oxygen atoms in total. The number of carbonyl (C=O) groups is 1. The number of aromatic nitrogens is 3. The topological polar surface area (TPSA) is 90.9 Å². The molecule has 0 aliphatic heterocycles. The SMILES string of the molecule is CCc1nc(-c2ccc(C(=O)NCC(O)C3CCCC3)cc2)n[nH]1. The van der Waals surface area contributed by atoms with Crippen molar-refractivity contribution in [1.29, 1.82) is 0 Å². The molecule has 1 fully saturated rings. The Balaban J connectivity index is 1.57. The lowest BCUT2D eigenvalue weighted by Gasteiger charge is -2.18. The number of aliphatic hydroxyl groups is 1. The summed E-state index contributed by atoms with van der Waals surface area (Å²) >= 11 is 0. The molecule has 1 saturated carbocycles. The van der Waals surface area contributed by atoms with Crippen LogP contribution in [0.1, 0.15) is 48.8 Å². The smallest absolute Gasteiger partial charge is 0.251 e. The summed E-state index contributed by atoms with van der Waals surface area (Å²) in [6.45, 7) is 2.32. The molecule has 1 atom stereocenters. The second kappa shape index (κ2) is 7.57. The maximum absolute atomic E-state index is 12.2. The minimum Gasteiger partial charge on any atom is -0.391 e. The van der Waals surface area contributed by atoms with Gasteiger partial charge in [0.15, 0.2) is 5.82 Å². The summed E-state index contributed by atoms with van der Waals surface area (Å²) in [7, 11) is 0. The van der Waals surface area contributed by atoms with Crippen LogP contribution >= 0.6 is 0 Å². The summed E-state index contributed by atoms with van der Waals surface area (Å²) in [5.41, 5.74) is 1.44. The lowest BCUT2D eigenvalue weighted by molar-refractivity contribution is 0.0840. The Morgan fingerprint density at radius 2 is 2.04 bits per heavy atom. The molecule has 128 valence electrons. The Morgan fingerprint density at radius 3 is 2.67 bits per heavy atom. The summed E-state index contributed by atoms with van der Waals surface area (Å²) < 4.78 is 0. The van der Waals surface area contributed by atoms with Gasteiger partial charge >= 0.3 is 0 Å². The van der Waals surface area contributed by atoms with Gasteiger partial charge in [0.25, 0.3) is 5.91 Å². The third-order valence-corrected chi connectivity index (χ3v) is 4.69. The van der Waals surface area contributed by atoms with Crippen molar-refractivity contribution in [2.75, 3.05) is 6.54 Å². The maximum Gasteiger partial charge on any atom is 0.251 e. The zero-order valence-corrected chi connectivity index (χ0v) is 14.0. The number of hydrogen-bond donors (Lipinski definition) is 3. The number of aryl methyl sites for hydroxylation is 1. The Morgan fingerprint density at radius 1 is 1.33 bits per heavy atom. The molecule has 0 spiro atoms. The molecule has 0 saturated heterocycles. The van der Waals surface area contributed by atoms with Crippen LogP contribution in [0.15, 0.2) is 24.3 Å². The third-order valence-electron chi connectivity index (χ3n) is 4.69. The Kier molecular flexibility index (Phi) is 5.25. The highest BCUT2D eigenvalue weighted by Crippen LogP contribution is 2.27. The quantitative estimate of drug-likeness (QED) is 0.759. The van der Waals surface area contributed by atoms with E-state index in [2.05, 4.69) is 20.5 Å². The summed E-state index contributed by atoms with van der Waals surface area (Å²) in [6, 6.07) is 7.19. The van der Waals surface area contributed by atoms with Crippen LogP contribution in [-0.2, 0) is 6.42 Å². The zero-order chi connectivity index (χ0) is 16.9. The summed E-state index contributed by atoms with van der Waals surface area (Å²) in [5.74, 6) is 1.64. The summed E-state index contributed by atoms with van der Waals surface area (Å²) in [5, 5.41) is 20.0. The second-order valence-electron chi connectivity index (χ2n) is 6.36. The number of amides is 1. The molecule has 1 unspecified atom stereocenters. The number of benzene rings is 1. The average Bonchev–Trinajstić information content (AvgIpc) is 3.30. The van der Waals surface area contributed by atoms with Crippen molar-refractivity contribution in [1.82, 2.24) is 20.5 Å². The fourth-order valence-electron chi connectivity index (χ4n) is 3.16. The lowest BCUT2D eigenvalue weighted by atomic mass is 10.0. The van der Waals surface area contributed by atoms with E-state index in [4.69, 9.17) is 0 Å². The number of aliphatic hydroxyl groups excluding tert-OH is 1. The molecule has 2 aromatic rings. The van der Waals surface area contributed by atoms with Crippen LogP contribution in [0, 0.1) is 5.92 Å². The third kappa shape index (κ3) is 3.82. The van der Waals surface area contributed by atoms with E-state index < -0.39 is 6.10 Å². The normalized spacial score (nSPS) is 16.2. The molecule has 1 aromatic carbocycles. The molecule has 1 amide bonds. The van der Waals surface area contributed by atoms with Gasteiger partial charge in [-0.3, -0.25) is 9.89 Å². The van der Waals surface area contributed by atoms with Crippen molar-refractivity contribution < 1.29 is 9.90 Å². The molecule has 3 N–H and O–H groups in total. The van der Waals surface area contributed by atoms with E-state index in [9.17, 15) is 9.90 Å². The first kappa shape index (κ1) is 16.6. The summed E-state index contributed by atoms with van der Waals surface area (Å²) in [6.07, 6.45) is 4.83. The van der Waals surface area contributed by atoms with Gasteiger partial charge in [-0.25, -0.2) is 4.98 Å². The first-order valence-electron chi connectivity index (χ1n) is 8.65. The monoisotopic (exact) mass is 328 g/mol. The molecule has 0 radical (unpaired) electrons. The van der Waals surface area contributed by atoms with Gasteiger partial charge in [0.1, 0.15) is 5.82 Å². The van der Waals surface area contributed by atoms with Crippen LogP contribution in [-0.4, -0.2) is 38.8 Å². The highest BCUT2D eigenvalue weighted by molar-refractivity contribution is 5.94. The van der Waals surface area contributed by atoms with Gasteiger partial charge < -0.3 is 10.4 Å². The Labute approximate surface area is 141 Å². The van der Waals surface area contributed by atoms with Crippen LogP contribution in [0.25, 0.3) is 11.4 Å². The van der Waals surface area contributed by atoms with Gasteiger partial charge in [-0.05, 0) is 30.9 Å². The molecule has 1 heterocycles. The van der Waals surface area contributed by atoms with Crippen LogP contribution in [0.5, 0.6) is 0 Å². The molecule has 1 aromatic heterocycles. The van der Waals surface area contributed by atoms with Crippen LogP contribution < -0.4 is 5.32 Å². The zero-order valence-electron chi connectivity index (χ0n) is 14.0. The Bertz CT molecular complexity index is 675. The van der Waals surface area contributed by atoms with E-state index in [1.165, 1.54) is 12.8 Å². The van der Waals surface area contributed by atoms with Crippen LogP contribution in [0.2, 0.25) is 0 Å². The maximum atomic E-state index is 12.2. The Hall–Kier alpha value is -2.21. The number of nitrogens with one attached hydrogen (secondary N) is 2. The molecule has 3 rings (SSSR count). The fourth-order valence-corrected chi connectivity index (χ4v) is 3.16. The molecular weight excluding hydrogens is 304 g/mol. The number of hydrogen-bond acceptors (Lipinski definition) is 4. The number of carbonyl (C=O) groups excluding carboxylic acids is 1. The van der Waals surface area contributed by atoms with E-state index in [1.807, 2.05) is 19.1 Å². The van der Waals surface area contributed by atoms with Crippen molar-refractivity contribution in [2.45, 2.75) is 45.1 Å². The van der Waals surface area contributed by atoms with E-state index in [0.29, 0.717) is 23.9 Å². The van der Waals surface area contributed by atoms with Gasteiger partial charge in [0, 0.05) is 24.1 Å². The van der Waals surface area contributed by atoms with Crippen LogP contribution in [0.3, 0.4) is 0 Å². The van der Waals surface area contributed by atoms with Crippen molar-refractivity contribution in [2.24, 2.45) is 5.92 Å². The summed E-state index contributed by atoms with van der Waals surface area (Å²) in [4.78, 5) is 16.6. The molecular formula is C18H24N4O2. The molecule has 6 heteroatoms. The number of nitrogens with zero attached hydrogens (tertiary/aromatic N) is 2. The van der Waals surface area contributed by atoms with Gasteiger partial charge in [-0.1, -0.05) is 31.9 Å². The van der Waals surface area contributed by atoms with E-state index >= 15 is 0 Å². The standard InChI is InChI=1S/C18H24N4O2/c1-2-16-20-17(22-21-16)13-7-9-14(10-8-13)18(24)19-11-15(23)12-5-3-4-6-12/h7-10,12,15,23H,2-6,11H2,1H3,(H,19,24)(H,20,21,22). The van der Waals surface area contributed by atoms with Crippen molar-refractivity contribution >= 4 is 5.91 Å². The largest absolute Gasteiger partial charge is 0.391 e. The number of aromatic amines is 1. The van der Waals surface area contributed by atoms with Gasteiger partial charge in [-0.2, -0.15) is 5.10 Å². The van der Waals surface area contributed by atoms with E-state index in [1.54, 1.807) is 12.1 Å². The molecule has 1 aliphatic carbocycles. The van der Waals surface area contributed by atoms with Crippen molar-refractivity contribution in [3.05, 3.63) is 35.7 Å². The van der Waals surface area contributed by atoms with Crippen molar-refractivity contribution in [3.8, 4) is 11.4 Å². The fraction of sp³-hybridized carbons (Fsp3) is 0.500. The molecule has 0 bridgehead atoms. The first-order chi connectivity index (χ1) is 11.7. The van der Waals surface area contributed by atoms with Crippen molar-refractivity contribution in [3.63, 3.8) is 0 Å². The predicted octanol–water partition coefficient (Wildman–Crippen LogP) is 2.31. The number of rotatable bonds is 6. The van der Waals surface area contributed by atoms with Gasteiger partial charge in [-0.15, -0.1) is 0 Å². The highest BCUT2D eigenvalue weighted by Gasteiger charge is 2.23. The number of H-pyrrole nitrogens is 1. The lowest BCUT2D eigenvalue weighted by Crippen LogP contribution is -2.35. The minimum atomic E-state index is -0.448. The van der Waals surface area contributed by atoms with Crippen LogP contribution in [0.4, 0.5) is 0 Å². The second-order valence-corrected chi connectivity index (χ2v) is 6.36. The predicted molar refractivity (Wildman–Crippen MR) is 91.5 cm³/mol. The van der Waals surface area contributed by atoms with E-state index in [0.717, 1.165) is 30.7 Å². The van der Waals surface area contributed by atoms with Gasteiger partial charge in [0.05, 0.1) is 6.10 Å². The van der Waals surface area contributed by atoms with E-state index in [-0.39, 0.29) is 5.91 Å². The first-order valence-corrected chi connectivity index (χ1v) is 8.65. The minimum absolute atomic E-state index is 0.164. The molecule has 1 aliphatic rings.